The molecule has 1 aliphatic rings. The quantitative estimate of drug-likeness (QED) is 0.552. The first-order valence-electron chi connectivity index (χ1n) is 6.63. The Morgan fingerprint density at radius 1 is 1.63 bits per heavy atom. The number of amides is 1. The molecule has 3 N–H and O–H groups in total. The Bertz CT molecular complexity index is 424. The molecule has 0 saturated heterocycles. The van der Waals surface area contributed by atoms with Gasteiger partial charge in [0.1, 0.15) is 11.9 Å². The van der Waals surface area contributed by atoms with E-state index in [1.54, 1.807) is 18.0 Å². The molecule has 1 atom stereocenters. The summed E-state index contributed by atoms with van der Waals surface area (Å²) in [6.07, 6.45) is 6.36. The molecule has 1 amide bonds. The van der Waals surface area contributed by atoms with E-state index in [4.69, 9.17) is 5.73 Å². The number of aromatic nitrogens is 2. The number of nitrogens with zero attached hydrogens (tertiary/aromatic N) is 2. The van der Waals surface area contributed by atoms with Gasteiger partial charge in [-0.15, -0.1) is 11.8 Å². The van der Waals surface area contributed by atoms with Crippen LogP contribution in [-0.2, 0) is 4.79 Å². The number of hydrogen-bond acceptors (Lipinski definition) is 5. The Morgan fingerprint density at radius 2 is 2.42 bits per heavy atom. The molecule has 0 aliphatic heterocycles. The molecule has 104 valence electrons. The predicted molar refractivity (Wildman–Crippen MR) is 75.7 cm³/mol. The minimum atomic E-state index is -0.592. The molecule has 1 aromatic rings. The first kappa shape index (κ1) is 14.3. The lowest BCUT2D eigenvalue weighted by Crippen LogP contribution is -2.59. The average molecular weight is 280 g/mol. The van der Waals surface area contributed by atoms with Crippen molar-refractivity contribution in [2.45, 2.75) is 36.8 Å². The summed E-state index contributed by atoms with van der Waals surface area (Å²) in [4.78, 5) is 20.0. The summed E-state index contributed by atoms with van der Waals surface area (Å²) < 4.78 is 0. The van der Waals surface area contributed by atoms with Crippen molar-refractivity contribution in [2.75, 3.05) is 12.3 Å². The van der Waals surface area contributed by atoms with Crippen LogP contribution in [0.1, 0.15) is 26.2 Å². The fourth-order valence-corrected chi connectivity index (χ4v) is 3.28. The minimum absolute atomic E-state index is 0.245. The van der Waals surface area contributed by atoms with Crippen LogP contribution in [0.5, 0.6) is 0 Å². The van der Waals surface area contributed by atoms with E-state index in [1.807, 2.05) is 6.07 Å². The zero-order chi connectivity index (χ0) is 13.7. The average Bonchev–Trinajstić information content (AvgIpc) is 3.25. The number of rotatable bonds is 8. The summed E-state index contributed by atoms with van der Waals surface area (Å²) >= 11 is 1.56. The van der Waals surface area contributed by atoms with E-state index >= 15 is 0 Å². The Balaban J connectivity index is 2.06. The lowest BCUT2D eigenvalue weighted by atomic mass is 9.94. The molecule has 1 heterocycles. The molecular weight excluding hydrogens is 260 g/mol. The monoisotopic (exact) mass is 280 g/mol. The normalized spacial score (nSPS) is 17.9. The van der Waals surface area contributed by atoms with Crippen molar-refractivity contribution >= 4 is 17.7 Å². The molecule has 6 heteroatoms. The highest BCUT2D eigenvalue weighted by molar-refractivity contribution is 7.99. The van der Waals surface area contributed by atoms with Crippen LogP contribution in [0, 0.1) is 5.92 Å². The standard InChI is InChI=1S/C13H20N4OS/c1-2-6-17-13(12(14)18,10-3-4-10)8-19-11-5-7-15-9-16-11/h5,7,9-10,17H,2-4,6,8H2,1H3,(H2,14,18). The smallest absolute Gasteiger partial charge is 0.238 e. The highest BCUT2D eigenvalue weighted by Gasteiger charge is 2.49. The Hall–Kier alpha value is -1.14. The first-order valence-corrected chi connectivity index (χ1v) is 7.61. The maximum atomic E-state index is 11.9. The van der Waals surface area contributed by atoms with E-state index < -0.39 is 5.54 Å². The second-order valence-electron chi connectivity index (χ2n) is 4.87. The van der Waals surface area contributed by atoms with E-state index in [2.05, 4.69) is 22.2 Å². The SMILES string of the molecule is CCCNC(CSc1ccncn1)(C(N)=O)C1CC1. The van der Waals surface area contributed by atoms with Gasteiger partial charge in [-0.2, -0.15) is 0 Å². The number of carbonyl (C=O) groups is 1. The molecule has 19 heavy (non-hydrogen) atoms. The summed E-state index contributed by atoms with van der Waals surface area (Å²) in [7, 11) is 0. The third kappa shape index (κ3) is 3.45. The Morgan fingerprint density at radius 3 is 2.95 bits per heavy atom. The molecule has 1 aromatic heterocycles. The van der Waals surface area contributed by atoms with Gasteiger partial charge in [-0.05, 0) is 37.8 Å². The molecule has 1 unspecified atom stereocenters. The fraction of sp³-hybridized carbons (Fsp3) is 0.615. The molecular formula is C13H20N4OS. The summed E-state index contributed by atoms with van der Waals surface area (Å²) in [5, 5.41) is 4.25. The zero-order valence-electron chi connectivity index (χ0n) is 11.1. The van der Waals surface area contributed by atoms with E-state index in [-0.39, 0.29) is 5.91 Å². The molecule has 5 nitrogen and oxygen atoms in total. The Labute approximate surface area is 117 Å². The van der Waals surface area contributed by atoms with E-state index in [1.165, 1.54) is 6.33 Å². The number of primary amides is 1. The van der Waals surface area contributed by atoms with Crippen molar-refractivity contribution in [1.82, 2.24) is 15.3 Å². The lowest BCUT2D eigenvalue weighted by molar-refractivity contribution is -0.124. The maximum Gasteiger partial charge on any atom is 0.238 e. The van der Waals surface area contributed by atoms with Crippen molar-refractivity contribution in [1.29, 1.82) is 0 Å². The van der Waals surface area contributed by atoms with Crippen LogP contribution < -0.4 is 11.1 Å². The molecule has 1 saturated carbocycles. The third-order valence-electron chi connectivity index (χ3n) is 3.41. The number of hydrogen-bond donors (Lipinski definition) is 2. The van der Waals surface area contributed by atoms with Gasteiger partial charge >= 0.3 is 0 Å². The zero-order valence-corrected chi connectivity index (χ0v) is 11.9. The van der Waals surface area contributed by atoms with Crippen LogP contribution in [-0.4, -0.2) is 33.7 Å². The van der Waals surface area contributed by atoms with Gasteiger partial charge in [-0.25, -0.2) is 9.97 Å². The van der Waals surface area contributed by atoms with Gasteiger partial charge < -0.3 is 11.1 Å². The second kappa shape index (κ2) is 6.34. The topological polar surface area (TPSA) is 80.9 Å². The largest absolute Gasteiger partial charge is 0.368 e. The van der Waals surface area contributed by atoms with Crippen molar-refractivity contribution in [3.63, 3.8) is 0 Å². The van der Waals surface area contributed by atoms with Crippen LogP contribution in [0.2, 0.25) is 0 Å². The van der Waals surface area contributed by atoms with E-state index in [0.717, 1.165) is 30.8 Å². The van der Waals surface area contributed by atoms with Gasteiger partial charge in [0.2, 0.25) is 5.91 Å². The molecule has 0 aromatic carbocycles. The molecule has 0 radical (unpaired) electrons. The summed E-state index contributed by atoms with van der Waals surface area (Å²) in [5.41, 5.74) is 5.08. The van der Waals surface area contributed by atoms with E-state index in [9.17, 15) is 4.79 Å². The highest BCUT2D eigenvalue weighted by atomic mass is 32.2. The lowest BCUT2D eigenvalue weighted by Gasteiger charge is -2.31. The van der Waals surface area contributed by atoms with Crippen molar-refractivity contribution < 1.29 is 4.79 Å². The van der Waals surface area contributed by atoms with Crippen LogP contribution in [0.25, 0.3) is 0 Å². The van der Waals surface area contributed by atoms with E-state index in [0.29, 0.717) is 11.7 Å². The van der Waals surface area contributed by atoms with Crippen LogP contribution in [0.15, 0.2) is 23.6 Å². The van der Waals surface area contributed by atoms with Gasteiger partial charge in [0.05, 0.1) is 5.03 Å². The Kier molecular flexibility index (Phi) is 4.76. The van der Waals surface area contributed by atoms with Crippen molar-refractivity contribution in [2.24, 2.45) is 11.7 Å². The van der Waals surface area contributed by atoms with Gasteiger partial charge in [0.25, 0.3) is 0 Å². The minimum Gasteiger partial charge on any atom is -0.368 e. The first-order chi connectivity index (χ1) is 9.19. The molecule has 0 bridgehead atoms. The van der Waals surface area contributed by atoms with Crippen LogP contribution in [0.3, 0.4) is 0 Å². The maximum absolute atomic E-state index is 11.9. The van der Waals surface area contributed by atoms with Gasteiger partial charge in [-0.1, -0.05) is 6.92 Å². The highest BCUT2D eigenvalue weighted by Crippen LogP contribution is 2.42. The van der Waals surface area contributed by atoms with Gasteiger partial charge in [0.15, 0.2) is 0 Å². The van der Waals surface area contributed by atoms with Gasteiger partial charge in [0, 0.05) is 11.9 Å². The summed E-state index contributed by atoms with van der Waals surface area (Å²) in [5.74, 6) is 0.750. The predicted octanol–water partition coefficient (Wildman–Crippen LogP) is 1.20. The summed E-state index contributed by atoms with van der Waals surface area (Å²) in [6.45, 7) is 2.90. The third-order valence-corrected chi connectivity index (χ3v) is 4.54. The van der Waals surface area contributed by atoms with Crippen molar-refractivity contribution in [3.05, 3.63) is 18.6 Å². The second-order valence-corrected chi connectivity index (χ2v) is 5.87. The fourth-order valence-electron chi connectivity index (χ4n) is 2.15. The van der Waals surface area contributed by atoms with Crippen LogP contribution in [0.4, 0.5) is 0 Å². The number of nitrogens with one attached hydrogen (secondary N) is 1. The molecule has 2 rings (SSSR count). The summed E-state index contributed by atoms with van der Waals surface area (Å²) in [6, 6.07) is 1.85. The molecule has 1 aliphatic carbocycles. The molecule has 1 fully saturated rings. The number of carbonyl (C=O) groups excluding carboxylic acids is 1. The van der Waals surface area contributed by atoms with Crippen molar-refractivity contribution in [3.8, 4) is 0 Å². The number of thioether (sulfide) groups is 1. The number of nitrogens with two attached hydrogens (primary N) is 1. The van der Waals surface area contributed by atoms with Gasteiger partial charge in [-0.3, -0.25) is 4.79 Å². The van der Waals surface area contributed by atoms with Crippen LogP contribution >= 0.6 is 11.8 Å². The molecule has 0 spiro atoms.